The summed E-state index contributed by atoms with van der Waals surface area (Å²) < 4.78 is 0. The van der Waals surface area contributed by atoms with Crippen molar-refractivity contribution in [1.29, 1.82) is 0 Å². The third-order valence-electron chi connectivity index (χ3n) is 3.54. The van der Waals surface area contributed by atoms with Crippen LogP contribution in [0.2, 0.25) is 0 Å². The first-order valence-corrected chi connectivity index (χ1v) is 6.90. The van der Waals surface area contributed by atoms with Gasteiger partial charge in [0.05, 0.1) is 0 Å². The molecule has 1 aliphatic rings. The Bertz CT molecular complexity index is 373. The molecule has 3 nitrogen and oxygen atoms in total. The maximum atomic E-state index is 9.66. The molecule has 18 heavy (non-hydrogen) atoms. The van der Waals surface area contributed by atoms with Crippen molar-refractivity contribution in [3.05, 3.63) is 29.8 Å². The average molecular weight is 248 g/mol. The Morgan fingerprint density at radius 3 is 2.61 bits per heavy atom. The largest absolute Gasteiger partial charge is 0.508 e. The third-order valence-corrected chi connectivity index (χ3v) is 3.54. The van der Waals surface area contributed by atoms with Crippen LogP contribution in [-0.4, -0.2) is 36.2 Å². The summed E-state index contributed by atoms with van der Waals surface area (Å²) in [4.78, 5) is 2.53. The van der Waals surface area contributed by atoms with E-state index in [1.54, 1.807) is 6.07 Å². The van der Waals surface area contributed by atoms with Crippen LogP contribution in [-0.2, 0) is 0 Å². The van der Waals surface area contributed by atoms with E-state index in [0.717, 1.165) is 32.6 Å². The number of piperazine rings is 1. The monoisotopic (exact) mass is 248 g/mol. The molecule has 0 spiro atoms. The van der Waals surface area contributed by atoms with E-state index in [-0.39, 0.29) is 0 Å². The smallest absolute Gasteiger partial charge is 0.115 e. The highest BCUT2D eigenvalue weighted by molar-refractivity contribution is 5.29. The Morgan fingerprint density at radius 2 is 2.00 bits per heavy atom. The van der Waals surface area contributed by atoms with Gasteiger partial charge in [-0.2, -0.15) is 0 Å². The minimum absolute atomic E-state index is 0.372. The van der Waals surface area contributed by atoms with Crippen molar-refractivity contribution in [3.8, 4) is 5.75 Å². The number of hydrogen-bond acceptors (Lipinski definition) is 3. The van der Waals surface area contributed by atoms with E-state index in [1.807, 2.05) is 12.1 Å². The molecule has 1 heterocycles. The summed E-state index contributed by atoms with van der Waals surface area (Å²) in [7, 11) is 0. The van der Waals surface area contributed by atoms with Gasteiger partial charge in [0.2, 0.25) is 0 Å². The fraction of sp³-hybridized carbons (Fsp3) is 0.600. The molecule has 1 aromatic rings. The van der Waals surface area contributed by atoms with Crippen molar-refractivity contribution in [1.82, 2.24) is 10.2 Å². The zero-order chi connectivity index (χ0) is 13.0. The third kappa shape index (κ3) is 3.47. The first-order chi connectivity index (χ1) is 8.66. The van der Waals surface area contributed by atoms with Crippen LogP contribution in [0.3, 0.4) is 0 Å². The summed E-state index contributed by atoms with van der Waals surface area (Å²) in [6.45, 7) is 8.83. The molecule has 0 aliphatic carbocycles. The lowest BCUT2D eigenvalue weighted by Crippen LogP contribution is -2.45. The molecular formula is C15H24N2O. The summed E-state index contributed by atoms with van der Waals surface area (Å²) in [5.41, 5.74) is 1.24. The van der Waals surface area contributed by atoms with Crippen molar-refractivity contribution in [2.75, 3.05) is 26.2 Å². The quantitative estimate of drug-likeness (QED) is 0.859. The Hall–Kier alpha value is -1.06. The second-order valence-electron chi connectivity index (χ2n) is 5.53. The van der Waals surface area contributed by atoms with Crippen molar-refractivity contribution < 1.29 is 5.11 Å². The van der Waals surface area contributed by atoms with Crippen molar-refractivity contribution in [2.24, 2.45) is 5.92 Å². The van der Waals surface area contributed by atoms with Gasteiger partial charge in [-0.3, -0.25) is 4.90 Å². The van der Waals surface area contributed by atoms with E-state index in [2.05, 4.69) is 30.1 Å². The van der Waals surface area contributed by atoms with Crippen LogP contribution in [0.4, 0.5) is 0 Å². The van der Waals surface area contributed by atoms with Crippen LogP contribution in [0.5, 0.6) is 5.75 Å². The standard InChI is InChI=1S/C15H24N2O/c1-12(2)10-15(17-8-6-16-7-9-17)13-4-3-5-14(18)11-13/h3-5,11-12,15-16,18H,6-10H2,1-2H3/t15-/m1/s1. The number of phenolic OH excluding ortho intramolecular Hbond substituents is 1. The predicted molar refractivity (Wildman–Crippen MR) is 74.7 cm³/mol. The number of nitrogens with zero attached hydrogens (tertiary/aromatic N) is 1. The van der Waals surface area contributed by atoms with Crippen molar-refractivity contribution in [3.63, 3.8) is 0 Å². The molecule has 2 N–H and O–H groups in total. The molecule has 0 bridgehead atoms. The minimum Gasteiger partial charge on any atom is -0.508 e. The lowest BCUT2D eigenvalue weighted by atomic mass is 9.95. The summed E-state index contributed by atoms with van der Waals surface area (Å²) in [6, 6.07) is 8.16. The topological polar surface area (TPSA) is 35.5 Å². The fourth-order valence-corrected chi connectivity index (χ4v) is 2.67. The summed E-state index contributed by atoms with van der Waals surface area (Å²) in [5, 5.41) is 13.1. The van der Waals surface area contributed by atoms with Gasteiger partial charge in [-0.15, -0.1) is 0 Å². The van der Waals surface area contributed by atoms with Crippen LogP contribution < -0.4 is 5.32 Å². The van der Waals surface area contributed by atoms with E-state index in [0.29, 0.717) is 17.7 Å². The van der Waals surface area contributed by atoms with Crippen molar-refractivity contribution in [2.45, 2.75) is 26.3 Å². The number of phenols is 1. The Labute approximate surface area is 110 Å². The zero-order valence-corrected chi connectivity index (χ0v) is 11.4. The van der Waals surface area contributed by atoms with Gasteiger partial charge < -0.3 is 10.4 Å². The lowest BCUT2D eigenvalue weighted by Gasteiger charge is -2.36. The van der Waals surface area contributed by atoms with Crippen molar-refractivity contribution >= 4 is 0 Å². The molecule has 1 aromatic carbocycles. The zero-order valence-electron chi connectivity index (χ0n) is 11.4. The summed E-state index contributed by atoms with van der Waals surface area (Å²) in [6.07, 6.45) is 1.14. The van der Waals surface area contributed by atoms with Crippen LogP contribution in [0.1, 0.15) is 31.9 Å². The predicted octanol–water partition coefficient (Wildman–Crippen LogP) is 2.38. The average Bonchev–Trinajstić information content (AvgIpc) is 2.37. The summed E-state index contributed by atoms with van der Waals surface area (Å²) >= 11 is 0. The van der Waals surface area contributed by atoms with Gasteiger partial charge in [0.1, 0.15) is 5.75 Å². The van der Waals surface area contributed by atoms with Crippen LogP contribution in [0.15, 0.2) is 24.3 Å². The molecule has 0 unspecified atom stereocenters. The first kappa shape index (κ1) is 13.4. The van der Waals surface area contributed by atoms with E-state index in [9.17, 15) is 5.11 Å². The Morgan fingerprint density at radius 1 is 1.28 bits per heavy atom. The SMILES string of the molecule is CC(C)C[C@H](c1cccc(O)c1)N1CCNCC1. The molecule has 0 saturated carbocycles. The molecule has 100 valence electrons. The summed E-state index contributed by atoms with van der Waals surface area (Å²) in [5.74, 6) is 1.03. The molecule has 0 aromatic heterocycles. The molecular weight excluding hydrogens is 224 g/mol. The Balaban J connectivity index is 2.18. The van der Waals surface area contributed by atoms with Gasteiger partial charge in [-0.1, -0.05) is 26.0 Å². The molecule has 0 radical (unpaired) electrons. The normalized spacial score (nSPS) is 19.1. The number of rotatable bonds is 4. The molecule has 1 saturated heterocycles. The molecule has 3 heteroatoms. The fourth-order valence-electron chi connectivity index (χ4n) is 2.67. The molecule has 2 rings (SSSR count). The van der Waals surface area contributed by atoms with Crippen LogP contribution in [0.25, 0.3) is 0 Å². The number of benzene rings is 1. The number of hydrogen-bond donors (Lipinski definition) is 2. The highest BCUT2D eigenvalue weighted by Crippen LogP contribution is 2.29. The van der Waals surface area contributed by atoms with E-state index >= 15 is 0 Å². The van der Waals surface area contributed by atoms with Gasteiger partial charge in [0, 0.05) is 32.2 Å². The van der Waals surface area contributed by atoms with E-state index < -0.39 is 0 Å². The van der Waals surface area contributed by atoms with E-state index in [1.165, 1.54) is 5.56 Å². The molecule has 1 aliphatic heterocycles. The second-order valence-corrected chi connectivity index (χ2v) is 5.53. The number of aromatic hydroxyl groups is 1. The Kier molecular flexibility index (Phi) is 4.61. The van der Waals surface area contributed by atoms with E-state index in [4.69, 9.17) is 0 Å². The first-order valence-electron chi connectivity index (χ1n) is 6.90. The van der Waals surface area contributed by atoms with Gasteiger partial charge in [-0.25, -0.2) is 0 Å². The molecule has 0 amide bonds. The van der Waals surface area contributed by atoms with Gasteiger partial charge in [-0.05, 0) is 30.0 Å². The van der Waals surface area contributed by atoms with Crippen LogP contribution >= 0.6 is 0 Å². The molecule has 1 fully saturated rings. The van der Waals surface area contributed by atoms with Gasteiger partial charge in [0.15, 0.2) is 0 Å². The highest BCUT2D eigenvalue weighted by atomic mass is 16.3. The van der Waals surface area contributed by atoms with Gasteiger partial charge >= 0.3 is 0 Å². The second kappa shape index (κ2) is 6.21. The van der Waals surface area contributed by atoms with Crippen LogP contribution in [0, 0.1) is 5.92 Å². The lowest BCUT2D eigenvalue weighted by molar-refractivity contribution is 0.154. The highest BCUT2D eigenvalue weighted by Gasteiger charge is 2.23. The maximum Gasteiger partial charge on any atom is 0.115 e. The minimum atomic E-state index is 0.372. The van der Waals surface area contributed by atoms with Gasteiger partial charge in [0.25, 0.3) is 0 Å². The number of nitrogens with one attached hydrogen (secondary N) is 1. The molecule has 1 atom stereocenters. The maximum absolute atomic E-state index is 9.66.